The first-order chi connectivity index (χ1) is 11.8. The van der Waals surface area contributed by atoms with Crippen LogP contribution in [0.25, 0.3) is 0 Å². The number of nitrogens with zero attached hydrogens (tertiary/aromatic N) is 1. The molecule has 0 saturated heterocycles. The summed E-state index contributed by atoms with van der Waals surface area (Å²) in [6.07, 6.45) is -2.59. The molecule has 0 fully saturated rings. The van der Waals surface area contributed by atoms with Crippen LogP contribution < -0.4 is 4.74 Å². The Labute approximate surface area is 141 Å². The molecule has 2 aromatic rings. The van der Waals surface area contributed by atoms with Crippen molar-refractivity contribution in [3.63, 3.8) is 0 Å². The zero-order valence-electron chi connectivity index (χ0n) is 13.1. The number of carbonyl (C=O) groups is 2. The van der Waals surface area contributed by atoms with E-state index in [0.717, 1.165) is 6.07 Å². The monoisotopic (exact) mass is 347 g/mol. The number of carbonyl (C=O) groups excluding carboxylic acids is 2. The van der Waals surface area contributed by atoms with Gasteiger partial charge in [0.25, 0.3) is 0 Å². The van der Waals surface area contributed by atoms with Crippen LogP contribution in [0.5, 0.6) is 5.75 Å². The maximum atomic E-state index is 12.6. The Hall–Kier alpha value is -2.96. The summed E-state index contributed by atoms with van der Waals surface area (Å²) in [4.78, 5) is 28.5. The third-order valence-corrected chi connectivity index (χ3v) is 3.86. The molecular formula is C18H12F3NO3. The molecule has 0 bridgehead atoms. The molecule has 128 valence electrons. The van der Waals surface area contributed by atoms with Gasteiger partial charge in [0.1, 0.15) is 5.75 Å². The topological polar surface area (TPSA) is 56.3 Å². The molecule has 0 N–H and O–H groups in total. The van der Waals surface area contributed by atoms with Gasteiger partial charge in [-0.1, -0.05) is 0 Å². The number of pyridine rings is 1. The maximum absolute atomic E-state index is 12.6. The second kappa shape index (κ2) is 6.16. The number of ketones is 2. The van der Waals surface area contributed by atoms with E-state index >= 15 is 0 Å². The van der Waals surface area contributed by atoms with E-state index in [4.69, 9.17) is 4.74 Å². The second-order valence-electron chi connectivity index (χ2n) is 5.49. The molecule has 4 nitrogen and oxygen atoms in total. The maximum Gasteiger partial charge on any atom is 0.417 e. The van der Waals surface area contributed by atoms with Gasteiger partial charge >= 0.3 is 6.18 Å². The van der Waals surface area contributed by atoms with Crippen molar-refractivity contribution in [2.24, 2.45) is 0 Å². The Morgan fingerprint density at radius 1 is 1.08 bits per heavy atom. The van der Waals surface area contributed by atoms with Crippen LogP contribution in [0.3, 0.4) is 0 Å². The summed E-state index contributed by atoms with van der Waals surface area (Å²) < 4.78 is 42.8. The number of ether oxygens (including phenoxy) is 1. The number of methoxy groups -OCH3 is 1. The molecule has 0 amide bonds. The summed E-state index contributed by atoms with van der Waals surface area (Å²) in [6.45, 7) is 0. The lowest BCUT2D eigenvalue weighted by Gasteiger charge is -2.16. The Balaban J connectivity index is 1.88. The molecule has 3 rings (SSSR count). The molecule has 1 aliphatic rings. The fourth-order valence-electron chi connectivity index (χ4n) is 2.55. The molecule has 1 heterocycles. The van der Waals surface area contributed by atoms with Gasteiger partial charge in [-0.2, -0.15) is 13.2 Å². The van der Waals surface area contributed by atoms with Gasteiger partial charge in [0.15, 0.2) is 11.6 Å². The minimum atomic E-state index is -4.48. The fraction of sp³-hybridized carbons (Fsp3) is 0.167. The summed E-state index contributed by atoms with van der Waals surface area (Å²) in [5, 5.41) is 0. The molecule has 25 heavy (non-hydrogen) atoms. The molecule has 0 atom stereocenters. The zero-order chi connectivity index (χ0) is 18.2. The molecule has 0 aliphatic heterocycles. The predicted octanol–water partition coefficient (Wildman–Crippen LogP) is 3.66. The number of rotatable bonds is 3. The average molecular weight is 347 g/mol. The molecule has 0 unspecified atom stereocenters. The Bertz CT molecular complexity index is 883. The molecule has 1 aliphatic carbocycles. The minimum Gasteiger partial charge on any atom is -0.497 e. The number of alkyl halides is 3. The van der Waals surface area contributed by atoms with Crippen molar-refractivity contribution in [2.75, 3.05) is 7.11 Å². The van der Waals surface area contributed by atoms with Gasteiger partial charge in [0.05, 0.1) is 12.7 Å². The SMILES string of the molecule is COc1ccc2c(c1)C(=O)C(Cc1ccc(C(F)(F)F)cn1)=CC2=O. The van der Waals surface area contributed by atoms with E-state index in [1.54, 1.807) is 6.07 Å². The molecule has 7 heteroatoms. The van der Waals surface area contributed by atoms with Gasteiger partial charge in [0, 0.05) is 35.0 Å². The van der Waals surface area contributed by atoms with E-state index in [2.05, 4.69) is 4.98 Å². The third kappa shape index (κ3) is 3.31. The molecule has 1 aromatic heterocycles. The summed E-state index contributed by atoms with van der Waals surface area (Å²) in [5.74, 6) is -0.261. The highest BCUT2D eigenvalue weighted by Crippen LogP contribution is 2.30. The van der Waals surface area contributed by atoms with Crippen molar-refractivity contribution < 1.29 is 27.5 Å². The van der Waals surface area contributed by atoms with Crippen molar-refractivity contribution in [3.8, 4) is 5.75 Å². The average Bonchev–Trinajstić information content (AvgIpc) is 2.58. The van der Waals surface area contributed by atoms with Crippen molar-refractivity contribution >= 4 is 11.6 Å². The Morgan fingerprint density at radius 2 is 1.84 bits per heavy atom. The molecule has 0 radical (unpaired) electrons. The van der Waals surface area contributed by atoms with E-state index in [1.165, 1.54) is 31.4 Å². The normalized spacial score (nSPS) is 14.2. The number of benzene rings is 1. The van der Waals surface area contributed by atoms with E-state index in [0.29, 0.717) is 11.9 Å². The first kappa shape index (κ1) is 16.9. The summed E-state index contributed by atoms with van der Waals surface area (Å²) in [5.41, 5.74) is 0.0693. The highest BCUT2D eigenvalue weighted by molar-refractivity contribution is 6.24. The van der Waals surface area contributed by atoms with Crippen LogP contribution in [0.2, 0.25) is 0 Å². The number of halogens is 3. The first-order valence-electron chi connectivity index (χ1n) is 7.29. The highest BCUT2D eigenvalue weighted by Gasteiger charge is 2.31. The Kier molecular flexibility index (Phi) is 4.16. The number of hydrogen-bond acceptors (Lipinski definition) is 4. The zero-order valence-corrected chi connectivity index (χ0v) is 13.1. The standard InChI is InChI=1S/C18H12F3NO3/c1-25-13-4-5-14-15(8-13)17(24)10(7-16(14)23)6-12-3-2-11(9-22-12)18(19,20)21/h2-5,7-9H,6H2,1H3. The van der Waals surface area contributed by atoms with Crippen molar-refractivity contribution in [1.82, 2.24) is 4.98 Å². The van der Waals surface area contributed by atoms with Gasteiger partial charge in [-0.05, 0) is 36.4 Å². The number of Topliss-reactive ketones (excluding diaryl/α,β-unsaturated/α-hetero) is 1. The van der Waals surface area contributed by atoms with Gasteiger partial charge in [0.2, 0.25) is 0 Å². The number of aromatic nitrogens is 1. The summed E-state index contributed by atoms with van der Waals surface area (Å²) >= 11 is 0. The fourth-order valence-corrected chi connectivity index (χ4v) is 2.55. The smallest absolute Gasteiger partial charge is 0.417 e. The van der Waals surface area contributed by atoms with Gasteiger partial charge < -0.3 is 4.74 Å². The van der Waals surface area contributed by atoms with Crippen LogP contribution in [0.15, 0.2) is 48.2 Å². The first-order valence-corrected chi connectivity index (χ1v) is 7.29. The van der Waals surface area contributed by atoms with Gasteiger partial charge in [-0.15, -0.1) is 0 Å². The number of allylic oxidation sites excluding steroid dienone is 2. The molecule has 1 aromatic carbocycles. The molecule has 0 spiro atoms. The van der Waals surface area contributed by atoms with Crippen LogP contribution in [0.1, 0.15) is 32.0 Å². The largest absolute Gasteiger partial charge is 0.497 e. The Morgan fingerprint density at radius 3 is 2.44 bits per heavy atom. The van der Waals surface area contributed by atoms with Gasteiger partial charge in [-0.25, -0.2) is 0 Å². The van der Waals surface area contributed by atoms with E-state index in [-0.39, 0.29) is 40.4 Å². The van der Waals surface area contributed by atoms with Crippen molar-refractivity contribution in [2.45, 2.75) is 12.6 Å². The van der Waals surface area contributed by atoms with Crippen molar-refractivity contribution in [3.05, 3.63) is 70.6 Å². The third-order valence-electron chi connectivity index (χ3n) is 3.86. The van der Waals surface area contributed by atoms with Crippen LogP contribution >= 0.6 is 0 Å². The lowest BCUT2D eigenvalue weighted by molar-refractivity contribution is -0.137. The second-order valence-corrected chi connectivity index (χ2v) is 5.49. The van der Waals surface area contributed by atoms with E-state index < -0.39 is 11.7 Å². The molecule has 0 saturated carbocycles. The lowest BCUT2D eigenvalue weighted by atomic mass is 9.87. The number of hydrogen-bond donors (Lipinski definition) is 0. The van der Waals surface area contributed by atoms with E-state index in [9.17, 15) is 22.8 Å². The highest BCUT2D eigenvalue weighted by atomic mass is 19.4. The van der Waals surface area contributed by atoms with E-state index in [1.807, 2.05) is 0 Å². The summed E-state index contributed by atoms with van der Waals surface area (Å²) in [7, 11) is 1.44. The van der Waals surface area contributed by atoms with Crippen LogP contribution in [0.4, 0.5) is 13.2 Å². The molecular weight excluding hydrogens is 335 g/mol. The van der Waals surface area contributed by atoms with Crippen LogP contribution in [-0.4, -0.2) is 23.7 Å². The summed E-state index contributed by atoms with van der Waals surface area (Å²) in [6, 6.07) is 6.67. The van der Waals surface area contributed by atoms with Crippen LogP contribution in [0, 0.1) is 0 Å². The lowest BCUT2D eigenvalue weighted by Crippen LogP contribution is -2.18. The van der Waals surface area contributed by atoms with Crippen LogP contribution in [-0.2, 0) is 12.6 Å². The quantitative estimate of drug-likeness (QED) is 0.850. The minimum absolute atomic E-state index is 0.0284. The van der Waals surface area contributed by atoms with Crippen molar-refractivity contribution in [1.29, 1.82) is 0 Å². The number of fused-ring (bicyclic) bond motifs is 1. The predicted molar refractivity (Wildman–Crippen MR) is 82.7 cm³/mol. The van der Waals surface area contributed by atoms with Gasteiger partial charge in [-0.3, -0.25) is 14.6 Å².